The van der Waals surface area contributed by atoms with E-state index in [1.165, 1.54) is 4.68 Å². The van der Waals surface area contributed by atoms with Gasteiger partial charge in [0.2, 0.25) is 11.1 Å². The van der Waals surface area contributed by atoms with Crippen LogP contribution in [0.2, 0.25) is 5.02 Å². The Morgan fingerprint density at radius 1 is 1.24 bits per heavy atom. The number of anilines is 1. The third-order valence-electron chi connectivity index (χ3n) is 5.03. The molecule has 4 aromatic rings. The number of hydrogen-bond donors (Lipinski definition) is 2. The highest BCUT2D eigenvalue weighted by molar-refractivity contribution is 7.99. The van der Waals surface area contributed by atoms with Crippen molar-refractivity contribution in [2.45, 2.75) is 12.1 Å². The quantitative estimate of drug-likeness (QED) is 0.388. The lowest BCUT2D eigenvalue weighted by Crippen LogP contribution is -2.23. The van der Waals surface area contributed by atoms with Crippen molar-refractivity contribution in [1.82, 2.24) is 24.5 Å². The fourth-order valence-corrected chi connectivity index (χ4v) is 4.09. The fraction of sp³-hybridized carbons (Fsp3) is 0.182. The molecule has 9 nitrogen and oxygen atoms in total. The second-order valence-corrected chi connectivity index (χ2v) is 8.46. The van der Waals surface area contributed by atoms with Crippen molar-refractivity contribution < 1.29 is 9.53 Å². The summed E-state index contributed by atoms with van der Waals surface area (Å²) in [6.45, 7) is 1.78. The smallest absolute Gasteiger partial charge is 0.295 e. The normalized spacial score (nSPS) is 10.9. The van der Waals surface area contributed by atoms with E-state index in [0.29, 0.717) is 38.7 Å². The Kier molecular flexibility index (Phi) is 6.57. The number of aromatic nitrogens is 5. The topological polar surface area (TPSA) is 107 Å². The molecule has 0 fully saturated rings. The maximum atomic E-state index is 12.9. The number of methoxy groups -OCH3 is 1. The summed E-state index contributed by atoms with van der Waals surface area (Å²) in [5, 5.41) is 10.6. The molecule has 0 bridgehead atoms. The number of aromatic amines is 1. The van der Waals surface area contributed by atoms with Gasteiger partial charge in [-0.2, -0.15) is 0 Å². The first kappa shape index (κ1) is 22.7. The number of halogens is 1. The Morgan fingerprint density at radius 2 is 2.00 bits per heavy atom. The molecule has 0 unspecified atom stereocenters. The minimum absolute atomic E-state index is 0.0308. The molecule has 0 aliphatic rings. The summed E-state index contributed by atoms with van der Waals surface area (Å²) in [5.41, 5.74) is 1.97. The second kappa shape index (κ2) is 9.55. The van der Waals surface area contributed by atoms with Crippen molar-refractivity contribution in [3.05, 3.63) is 69.6 Å². The minimum atomic E-state index is -0.335. The number of nitrogens with one attached hydrogen (secondary N) is 2. The van der Waals surface area contributed by atoms with Crippen molar-refractivity contribution in [1.29, 1.82) is 0 Å². The highest BCUT2D eigenvalue weighted by Crippen LogP contribution is 2.31. The van der Waals surface area contributed by atoms with Crippen LogP contribution in [0.4, 0.5) is 5.69 Å². The van der Waals surface area contributed by atoms with E-state index in [9.17, 15) is 9.59 Å². The number of carbonyl (C=O) groups excluding carboxylic acids is 1. The summed E-state index contributed by atoms with van der Waals surface area (Å²) < 4.78 is 8.56. The molecule has 0 atom stereocenters. The minimum Gasteiger partial charge on any atom is -0.496 e. The molecule has 0 aliphatic carbocycles. The molecule has 0 spiro atoms. The molecule has 2 N–H and O–H groups in total. The van der Waals surface area contributed by atoms with Crippen LogP contribution in [-0.4, -0.2) is 43.3 Å². The maximum absolute atomic E-state index is 12.9. The van der Waals surface area contributed by atoms with Crippen molar-refractivity contribution in [2.24, 2.45) is 7.05 Å². The predicted molar refractivity (Wildman–Crippen MR) is 128 cm³/mol. The molecule has 33 heavy (non-hydrogen) atoms. The lowest BCUT2D eigenvalue weighted by molar-refractivity contribution is -0.113. The van der Waals surface area contributed by atoms with Gasteiger partial charge < -0.3 is 10.1 Å². The molecule has 1 amide bonds. The third kappa shape index (κ3) is 4.67. The van der Waals surface area contributed by atoms with E-state index in [1.807, 2.05) is 30.3 Å². The Hall–Kier alpha value is -3.50. The van der Waals surface area contributed by atoms with Gasteiger partial charge in [0.05, 0.1) is 29.8 Å². The summed E-state index contributed by atoms with van der Waals surface area (Å²) >= 11 is 7.23. The van der Waals surface area contributed by atoms with Gasteiger partial charge in [-0.3, -0.25) is 19.4 Å². The van der Waals surface area contributed by atoms with E-state index in [2.05, 4.69) is 20.5 Å². The number of thioether (sulfide) groups is 1. The highest BCUT2D eigenvalue weighted by Gasteiger charge is 2.19. The monoisotopic (exact) mass is 484 g/mol. The number of H-pyrrole nitrogens is 1. The van der Waals surface area contributed by atoms with Crippen LogP contribution in [-0.2, 0) is 11.8 Å². The third-order valence-corrected chi connectivity index (χ3v) is 6.11. The standard InChI is InChI=1S/C22H21ClN6O3S/c1-13-19(21(31)29(28(13)2)15-7-5-4-6-8-15)24-18(30)12-33-22-25-20(26-27-22)16-11-14(23)9-10-17(16)32-3/h4-11H,12H2,1-3H3,(H,24,30)(H,25,26,27). The van der Waals surface area contributed by atoms with Crippen LogP contribution in [0.3, 0.4) is 0 Å². The van der Waals surface area contributed by atoms with Gasteiger partial charge in [-0.15, -0.1) is 5.10 Å². The maximum Gasteiger partial charge on any atom is 0.295 e. The van der Waals surface area contributed by atoms with Crippen LogP contribution in [0.1, 0.15) is 5.69 Å². The molecule has 0 radical (unpaired) electrons. The van der Waals surface area contributed by atoms with Gasteiger partial charge >= 0.3 is 0 Å². The van der Waals surface area contributed by atoms with Gasteiger partial charge in [-0.25, -0.2) is 9.67 Å². The number of rotatable bonds is 7. The summed E-state index contributed by atoms with van der Waals surface area (Å²) in [7, 11) is 3.33. The van der Waals surface area contributed by atoms with Crippen molar-refractivity contribution >= 4 is 35.0 Å². The van der Waals surface area contributed by atoms with Gasteiger partial charge in [0.1, 0.15) is 11.4 Å². The summed E-state index contributed by atoms with van der Waals surface area (Å²) in [6, 6.07) is 14.4. The molecular formula is C22H21ClN6O3S. The molecule has 2 heterocycles. The average molecular weight is 485 g/mol. The van der Waals surface area contributed by atoms with Gasteiger partial charge in [0.25, 0.3) is 5.56 Å². The number of nitrogens with zero attached hydrogens (tertiary/aromatic N) is 4. The zero-order valence-corrected chi connectivity index (χ0v) is 19.7. The predicted octanol–water partition coefficient (Wildman–Crippen LogP) is 3.66. The summed E-state index contributed by atoms with van der Waals surface area (Å²) in [6.07, 6.45) is 0. The van der Waals surface area contributed by atoms with Gasteiger partial charge in [0.15, 0.2) is 5.82 Å². The largest absolute Gasteiger partial charge is 0.496 e. The van der Waals surface area contributed by atoms with E-state index < -0.39 is 0 Å². The summed E-state index contributed by atoms with van der Waals surface area (Å²) in [5.74, 6) is 0.766. The van der Waals surface area contributed by atoms with E-state index in [0.717, 1.165) is 11.8 Å². The Bertz CT molecular complexity index is 1360. The molecule has 0 saturated heterocycles. The van der Waals surface area contributed by atoms with Gasteiger partial charge in [-0.05, 0) is 37.3 Å². The van der Waals surface area contributed by atoms with E-state index in [-0.39, 0.29) is 22.9 Å². The Labute approximate surface area is 198 Å². The lowest BCUT2D eigenvalue weighted by Gasteiger charge is -2.07. The number of hydrogen-bond acceptors (Lipinski definition) is 6. The first-order chi connectivity index (χ1) is 15.9. The molecule has 0 saturated carbocycles. The van der Waals surface area contributed by atoms with E-state index in [1.54, 1.807) is 44.0 Å². The van der Waals surface area contributed by atoms with Crippen LogP contribution in [0.5, 0.6) is 5.75 Å². The van der Waals surface area contributed by atoms with Crippen molar-refractivity contribution in [3.8, 4) is 22.8 Å². The molecule has 4 rings (SSSR count). The summed E-state index contributed by atoms with van der Waals surface area (Å²) in [4.78, 5) is 29.9. The van der Waals surface area contributed by atoms with Crippen LogP contribution in [0.25, 0.3) is 17.1 Å². The van der Waals surface area contributed by atoms with Crippen molar-refractivity contribution in [3.63, 3.8) is 0 Å². The molecule has 0 aliphatic heterocycles. The SMILES string of the molecule is COc1ccc(Cl)cc1-c1nc(SCC(=O)Nc2c(C)n(C)n(-c3ccccc3)c2=O)n[nH]1. The van der Waals surface area contributed by atoms with Crippen LogP contribution in [0, 0.1) is 6.92 Å². The first-order valence-corrected chi connectivity index (χ1v) is 11.3. The lowest BCUT2D eigenvalue weighted by atomic mass is 10.2. The molecular weight excluding hydrogens is 464 g/mol. The molecule has 2 aromatic carbocycles. The Balaban J connectivity index is 1.46. The Morgan fingerprint density at radius 3 is 2.73 bits per heavy atom. The fourth-order valence-electron chi connectivity index (χ4n) is 3.31. The number of amides is 1. The highest BCUT2D eigenvalue weighted by atomic mass is 35.5. The number of benzene rings is 2. The van der Waals surface area contributed by atoms with Gasteiger partial charge in [-0.1, -0.05) is 41.6 Å². The number of ether oxygens (including phenoxy) is 1. The number of carbonyl (C=O) groups is 1. The zero-order chi connectivity index (χ0) is 23.5. The van der Waals surface area contributed by atoms with E-state index >= 15 is 0 Å². The number of para-hydroxylation sites is 1. The molecule has 170 valence electrons. The first-order valence-electron chi connectivity index (χ1n) is 9.92. The van der Waals surface area contributed by atoms with Crippen LogP contribution >= 0.6 is 23.4 Å². The average Bonchev–Trinajstić information content (AvgIpc) is 3.37. The van der Waals surface area contributed by atoms with Crippen LogP contribution < -0.4 is 15.6 Å². The zero-order valence-electron chi connectivity index (χ0n) is 18.1. The second-order valence-electron chi connectivity index (χ2n) is 7.08. The van der Waals surface area contributed by atoms with Crippen LogP contribution in [0.15, 0.2) is 58.5 Å². The molecule has 11 heteroatoms. The molecule has 2 aromatic heterocycles. The van der Waals surface area contributed by atoms with E-state index in [4.69, 9.17) is 16.3 Å². The van der Waals surface area contributed by atoms with Crippen molar-refractivity contribution in [2.75, 3.05) is 18.2 Å². The van der Waals surface area contributed by atoms with Gasteiger partial charge in [0, 0.05) is 12.1 Å².